The van der Waals surface area contributed by atoms with E-state index in [0.717, 1.165) is 48.1 Å². The zero-order chi connectivity index (χ0) is 14.5. The lowest BCUT2D eigenvalue weighted by molar-refractivity contribution is -0.132. The Morgan fingerprint density at radius 1 is 1.45 bits per heavy atom. The van der Waals surface area contributed by atoms with Gasteiger partial charge in [-0.05, 0) is 49.9 Å². The van der Waals surface area contributed by atoms with Gasteiger partial charge in [0, 0.05) is 23.6 Å². The summed E-state index contributed by atoms with van der Waals surface area (Å²) in [4.78, 5) is 13.9. The van der Waals surface area contributed by atoms with Gasteiger partial charge in [-0.1, -0.05) is 15.9 Å². The molecule has 0 saturated carbocycles. The first-order chi connectivity index (χ1) is 9.56. The molecule has 0 bridgehead atoms. The molecule has 1 saturated heterocycles. The monoisotopic (exact) mass is 340 g/mol. The molecule has 1 aliphatic heterocycles. The SMILES string of the molecule is CC(N)Cc1cc(Br)ccc1OCC(=O)N1CCCC1. The fourth-order valence-corrected chi connectivity index (χ4v) is 2.80. The smallest absolute Gasteiger partial charge is 0.260 e. The number of rotatable bonds is 5. The van der Waals surface area contributed by atoms with Crippen molar-refractivity contribution in [3.8, 4) is 5.75 Å². The Labute approximate surface area is 128 Å². The second kappa shape index (κ2) is 7.09. The highest BCUT2D eigenvalue weighted by atomic mass is 79.9. The lowest BCUT2D eigenvalue weighted by Crippen LogP contribution is -2.32. The average Bonchev–Trinajstić information content (AvgIpc) is 2.90. The molecule has 0 aromatic heterocycles. The van der Waals surface area contributed by atoms with Crippen LogP contribution in [-0.4, -0.2) is 36.5 Å². The molecule has 0 spiro atoms. The van der Waals surface area contributed by atoms with Gasteiger partial charge in [-0.2, -0.15) is 0 Å². The molecule has 20 heavy (non-hydrogen) atoms. The number of halogens is 1. The van der Waals surface area contributed by atoms with E-state index in [9.17, 15) is 4.79 Å². The van der Waals surface area contributed by atoms with Gasteiger partial charge in [-0.25, -0.2) is 0 Å². The van der Waals surface area contributed by atoms with Crippen molar-refractivity contribution in [3.63, 3.8) is 0 Å². The van der Waals surface area contributed by atoms with Crippen molar-refractivity contribution in [1.82, 2.24) is 4.90 Å². The van der Waals surface area contributed by atoms with E-state index in [1.807, 2.05) is 30.0 Å². The van der Waals surface area contributed by atoms with Gasteiger partial charge in [0.05, 0.1) is 0 Å². The highest BCUT2D eigenvalue weighted by Crippen LogP contribution is 2.24. The summed E-state index contributed by atoms with van der Waals surface area (Å²) in [7, 11) is 0. The van der Waals surface area contributed by atoms with Crippen molar-refractivity contribution in [2.45, 2.75) is 32.2 Å². The Kier molecular flexibility index (Phi) is 5.43. The Balaban J connectivity index is 1.99. The summed E-state index contributed by atoms with van der Waals surface area (Å²) in [6, 6.07) is 5.86. The number of nitrogens with two attached hydrogens (primary N) is 1. The number of ether oxygens (including phenoxy) is 1. The van der Waals surface area contributed by atoms with E-state index in [-0.39, 0.29) is 18.6 Å². The van der Waals surface area contributed by atoms with Crippen LogP contribution in [0.25, 0.3) is 0 Å². The third-order valence-electron chi connectivity index (χ3n) is 3.37. The average molecular weight is 341 g/mol. The van der Waals surface area contributed by atoms with Crippen molar-refractivity contribution < 1.29 is 9.53 Å². The molecular weight excluding hydrogens is 320 g/mol. The van der Waals surface area contributed by atoms with Crippen LogP contribution in [0.2, 0.25) is 0 Å². The summed E-state index contributed by atoms with van der Waals surface area (Å²) in [5.74, 6) is 0.815. The molecular formula is C15H21BrN2O2. The summed E-state index contributed by atoms with van der Waals surface area (Å²) < 4.78 is 6.69. The fourth-order valence-electron chi connectivity index (χ4n) is 2.39. The standard InChI is InChI=1S/C15H21BrN2O2/c1-11(17)8-12-9-13(16)4-5-14(12)20-10-15(19)18-6-2-3-7-18/h4-5,9,11H,2-3,6-8,10,17H2,1H3. The zero-order valence-electron chi connectivity index (χ0n) is 11.8. The fraction of sp³-hybridized carbons (Fsp3) is 0.533. The lowest BCUT2D eigenvalue weighted by Gasteiger charge is -2.17. The molecule has 110 valence electrons. The van der Waals surface area contributed by atoms with Crippen LogP contribution in [0.4, 0.5) is 0 Å². The minimum absolute atomic E-state index is 0.0564. The number of hydrogen-bond acceptors (Lipinski definition) is 3. The maximum Gasteiger partial charge on any atom is 0.260 e. The molecule has 5 heteroatoms. The number of carbonyl (C=O) groups is 1. The first-order valence-electron chi connectivity index (χ1n) is 7.01. The topological polar surface area (TPSA) is 55.6 Å². The second-order valence-corrected chi connectivity index (χ2v) is 6.23. The molecule has 0 radical (unpaired) electrons. The molecule has 1 aromatic carbocycles. The van der Waals surface area contributed by atoms with Crippen LogP contribution >= 0.6 is 15.9 Å². The molecule has 1 heterocycles. The normalized spacial score (nSPS) is 16.2. The van der Waals surface area contributed by atoms with Crippen LogP contribution in [-0.2, 0) is 11.2 Å². The molecule has 2 rings (SSSR count). The van der Waals surface area contributed by atoms with E-state index in [1.54, 1.807) is 0 Å². The number of hydrogen-bond donors (Lipinski definition) is 1. The Morgan fingerprint density at radius 3 is 2.80 bits per heavy atom. The van der Waals surface area contributed by atoms with Gasteiger partial charge in [-0.15, -0.1) is 0 Å². The predicted molar refractivity (Wildman–Crippen MR) is 82.8 cm³/mol. The number of likely N-dealkylation sites (tertiary alicyclic amines) is 1. The van der Waals surface area contributed by atoms with Crippen LogP contribution in [0.15, 0.2) is 22.7 Å². The summed E-state index contributed by atoms with van der Waals surface area (Å²) in [6.45, 7) is 3.78. The molecule has 1 unspecified atom stereocenters. The third kappa shape index (κ3) is 4.21. The van der Waals surface area contributed by atoms with Crippen molar-refractivity contribution in [3.05, 3.63) is 28.2 Å². The van der Waals surface area contributed by atoms with Crippen molar-refractivity contribution in [2.24, 2.45) is 5.73 Å². The number of nitrogens with zero attached hydrogens (tertiary/aromatic N) is 1. The number of carbonyl (C=O) groups excluding carboxylic acids is 1. The van der Waals surface area contributed by atoms with Gasteiger partial charge >= 0.3 is 0 Å². The largest absolute Gasteiger partial charge is 0.483 e. The van der Waals surface area contributed by atoms with Crippen LogP contribution < -0.4 is 10.5 Å². The maximum atomic E-state index is 12.0. The van der Waals surface area contributed by atoms with Gasteiger partial charge in [0.2, 0.25) is 0 Å². The quantitative estimate of drug-likeness (QED) is 0.894. The first-order valence-corrected chi connectivity index (χ1v) is 7.80. The maximum absolute atomic E-state index is 12.0. The lowest BCUT2D eigenvalue weighted by atomic mass is 10.1. The highest BCUT2D eigenvalue weighted by molar-refractivity contribution is 9.10. The first kappa shape index (κ1) is 15.3. The molecule has 1 fully saturated rings. The van der Waals surface area contributed by atoms with E-state index in [1.165, 1.54) is 0 Å². The molecule has 2 N–H and O–H groups in total. The zero-order valence-corrected chi connectivity index (χ0v) is 13.4. The summed E-state index contributed by atoms with van der Waals surface area (Å²) in [5, 5.41) is 0. The Morgan fingerprint density at radius 2 is 2.15 bits per heavy atom. The van der Waals surface area contributed by atoms with E-state index in [0.29, 0.717) is 0 Å². The van der Waals surface area contributed by atoms with E-state index in [2.05, 4.69) is 15.9 Å². The number of benzene rings is 1. The van der Waals surface area contributed by atoms with Crippen LogP contribution in [0, 0.1) is 0 Å². The molecule has 0 aliphatic carbocycles. The minimum atomic E-state index is 0.0564. The van der Waals surface area contributed by atoms with Crippen LogP contribution in [0.3, 0.4) is 0 Å². The predicted octanol–water partition coefficient (Wildman–Crippen LogP) is 2.34. The van der Waals surface area contributed by atoms with Crippen LogP contribution in [0.5, 0.6) is 5.75 Å². The Bertz CT molecular complexity index is 471. The minimum Gasteiger partial charge on any atom is -0.483 e. The van der Waals surface area contributed by atoms with Gasteiger partial charge in [0.1, 0.15) is 5.75 Å². The highest BCUT2D eigenvalue weighted by Gasteiger charge is 2.18. The van der Waals surface area contributed by atoms with Crippen molar-refractivity contribution in [1.29, 1.82) is 0 Å². The number of amides is 1. The molecule has 4 nitrogen and oxygen atoms in total. The van der Waals surface area contributed by atoms with Crippen LogP contribution in [0.1, 0.15) is 25.3 Å². The molecule has 1 aliphatic rings. The third-order valence-corrected chi connectivity index (χ3v) is 3.87. The molecule has 1 atom stereocenters. The van der Waals surface area contributed by atoms with Crippen molar-refractivity contribution in [2.75, 3.05) is 19.7 Å². The van der Waals surface area contributed by atoms with Gasteiger partial charge in [0.15, 0.2) is 6.61 Å². The second-order valence-electron chi connectivity index (χ2n) is 5.31. The van der Waals surface area contributed by atoms with Crippen molar-refractivity contribution >= 4 is 21.8 Å². The van der Waals surface area contributed by atoms with Gasteiger partial charge in [0.25, 0.3) is 5.91 Å². The molecule has 1 amide bonds. The van der Waals surface area contributed by atoms with E-state index < -0.39 is 0 Å². The van der Waals surface area contributed by atoms with E-state index >= 15 is 0 Å². The Hall–Kier alpha value is -1.07. The van der Waals surface area contributed by atoms with Gasteiger partial charge in [-0.3, -0.25) is 4.79 Å². The summed E-state index contributed by atoms with van der Waals surface area (Å²) in [5.41, 5.74) is 6.88. The summed E-state index contributed by atoms with van der Waals surface area (Å²) in [6.07, 6.45) is 2.92. The summed E-state index contributed by atoms with van der Waals surface area (Å²) >= 11 is 3.45. The van der Waals surface area contributed by atoms with Gasteiger partial charge < -0.3 is 15.4 Å². The molecule has 1 aromatic rings. The van der Waals surface area contributed by atoms with E-state index in [4.69, 9.17) is 10.5 Å².